The zero-order valence-corrected chi connectivity index (χ0v) is 14.7. The number of hydrogen-bond acceptors (Lipinski definition) is 2. The van der Waals surface area contributed by atoms with Gasteiger partial charge in [0.05, 0.1) is 6.04 Å². The third-order valence-electron chi connectivity index (χ3n) is 4.52. The van der Waals surface area contributed by atoms with E-state index in [0.717, 1.165) is 24.2 Å². The van der Waals surface area contributed by atoms with E-state index in [9.17, 15) is 8.78 Å². The van der Waals surface area contributed by atoms with Gasteiger partial charge in [0, 0.05) is 25.2 Å². The molecule has 0 unspecified atom stereocenters. The zero-order valence-electron chi connectivity index (χ0n) is 13.9. The molecule has 1 fully saturated rings. The summed E-state index contributed by atoms with van der Waals surface area (Å²) in [7, 11) is 0. The predicted octanol–water partition coefficient (Wildman–Crippen LogP) is 4.16. The van der Waals surface area contributed by atoms with Crippen molar-refractivity contribution in [3.05, 3.63) is 71.3 Å². The van der Waals surface area contributed by atoms with Gasteiger partial charge in [-0.15, -0.1) is 12.4 Å². The number of benzene rings is 2. The summed E-state index contributed by atoms with van der Waals surface area (Å²) in [4.78, 5) is 2.40. The number of rotatable bonds is 3. The predicted molar refractivity (Wildman–Crippen MR) is 95.5 cm³/mol. The molecule has 0 saturated carbocycles. The second kappa shape index (κ2) is 8.06. The molecule has 130 valence electrons. The first kappa shape index (κ1) is 18.8. The Kier molecular flexibility index (Phi) is 6.33. The van der Waals surface area contributed by atoms with Gasteiger partial charge in [-0.25, -0.2) is 8.78 Å². The maximum absolute atomic E-state index is 13.3. The van der Waals surface area contributed by atoms with Gasteiger partial charge < -0.3 is 5.32 Å². The second-order valence-corrected chi connectivity index (χ2v) is 6.36. The first-order valence-electron chi connectivity index (χ1n) is 8.04. The fourth-order valence-corrected chi connectivity index (χ4v) is 3.28. The Labute approximate surface area is 148 Å². The minimum atomic E-state index is -0.242. The number of hydrogen-bond donors (Lipinski definition) is 1. The van der Waals surface area contributed by atoms with Crippen molar-refractivity contribution in [1.29, 1.82) is 0 Å². The van der Waals surface area contributed by atoms with Crippen LogP contribution in [0.4, 0.5) is 8.78 Å². The fourth-order valence-electron chi connectivity index (χ4n) is 3.28. The van der Waals surface area contributed by atoms with Crippen LogP contribution < -0.4 is 5.32 Å². The highest BCUT2D eigenvalue weighted by Gasteiger charge is 2.30. The molecule has 0 amide bonds. The molecule has 2 aromatic rings. The average molecular weight is 353 g/mol. The lowest BCUT2D eigenvalue weighted by Gasteiger charge is -2.43. The van der Waals surface area contributed by atoms with Crippen molar-refractivity contribution >= 4 is 12.4 Å². The lowest BCUT2D eigenvalue weighted by atomic mass is 9.94. The largest absolute Gasteiger partial charge is 0.311 e. The molecule has 2 nitrogen and oxygen atoms in total. The molecule has 1 aliphatic rings. The zero-order chi connectivity index (χ0) is 16.4. The van der Waals surface area contributed by atoms with E-state index in [2.05, 4.69) is 24.1 Å². The quantitative estimate of drug-likeness (QED) is 0.892. The maximum Gasteiger partial charge on any atom is 0.123 e. The van der Waals surface area contributed by atoms with Crippen molar-refractivity contribution in [3.63, 3.8) is 0 Å². The third-order valence-corrected chi connectivity index (χ3v) is 4.52. The fraction of sp³-hybridized carbons (Fsp3) is 0.368. The normalized spacial score (nSPS) is 21.5. The summed E-state index contributed by atoms with van der Waals surface area (Å²) in [6, 6.07) is 14.0. The highest BCUT2D eigenvalue weighted by molar-refractivity contribution is 5.85. The number of piperazine rings is 1. The number of halogens is 3. The number of nitrogens with zero attached hydrogens (tertiary/aromatic N) is 1. The summed E-state index contributed by atoms with van der Waals surface area (Å²) >= 11 is 0. The Bertz CT molecular complexity index is 600. The van der Waals surface area contributed by atoms with Crippen LogP contribution in [-0.2, 0) is 0 Å². The van der Waals surface area contributed by atoms with Crippen LogP contribution in [0.1, 0.15) is 31.0 Å². The van der Waals surface area contributed by atoms with Gasteiger partial charge in [-0.1, -0.05) is 24.3 Å². The van der Waals surface area contributed by atoms with E-state index in [0.29, 0.717) is 12.1 Å². The molecule has 5 heteroatoms. The van der Waals surface area contributed by atoms with Crippen molar-refractivity contribution in [2.24, 2.45) is 0 Å². The van der Waals surface area contributed by atoms with Crippen LogP contribution >= 0.6 is 12.4 Å². The molecule has 2 aromatic carbocycles. The lowest BCUT2D eigenvalue weighted by Crippen LogP contribution is -2.55. The second-order valence-electron chi connectivity index (χ2n) is 6.36. The summed E-state index contributed by atoms with van der Waals surface area (Å²) in [5, 5.41) is 3.48. The van der Waals surface area contributed by atoms with Crippen LogP contribution in [0.3, 0.4) is 0 Å². The Morgan fingerprint density at radius 2 is 1.38 bits per heavy atom. The highest BCUT2D eigenvalue weighted by atomic mass is 35.5. The minimum Gasteiger partial charge on any atom is -0.311 e. The van der Waals surface area contributed by atoms with Crippen LogP contribution in [0, 0.1) is 11.6 Å². The van der Waals surface area contributed by atoms with Crippen LogP contribution in [0.15, 0.2) is 48.5 Å². The lowest BCUT2D eigenvalue weighted by molar-refractivity contribution is 0.113. The first-order chi connectivity index (χ1) is 11.0. The van der Waals surface area contributed by atoms with Crippen LogP contribution in [-0.4, -0.2) is 30.1 Å². The molecular weight excluding hydrogens is 330 g/mol. The SMILES string of the molecule is C[C@@H]1CN(C(c2ccc(F)cc2)c2ccc(F)cc2)[C@@H](C)CN1.Cl. The van der Waals surface area contributed by atoms with Crippen LogP contribution in [0.5, 0.6) is 0 Å². The molecule has 2 atom stereocenters. The molecule has 0 aromatic heterocycles. The summed E-state index contributed by atoms with van der Waals surface area (Å²) in [6.45, 7) is 6.13. The minimum absolute atomic E-state index is 0. The van der Waals surface area contributed by atoms with Crippen molar-refractivity contribution in [1.82, 2.24) is 10.2 Å². The Morgan fingerprint density at radius 1 is 0.917 bits per heavy atom. The van der Waals surface area contributed by atoms with E-state index in [1.165, 1.54) is 24.3 Å². The summed E-state index contributed by atoms with van der Waals surface area (Å²) in [5.41, 5.74) is 2.05. The standard InChI is InChI=1S/C19H22F2N2.ClH/c1-13-12-23(14(2)11-22-13)19(15-3-7-17(20)8-4-15)16-5-9-18(21)10-6-16;/h3-10,13-14,19,22H,11-12H2,1-2H3;1H/t13-,14+;/m1./s1. The molecule has 0 aliphatic carbocycles. The molecule has 0 spiro atoms. The van der Waals surface area contributed by atoms with E-state index in [-0.39, 0.29) is 30.1 Å². The van der Waals surface area contributed by atoms with Crippen molar-refractivity contribution in [2.75, 3.05) is 13.1 Å². The molecule has 0 bridgehead atoms. The molecule has 24 heavy (non-hydrogen) atoms. The van der Waals surface area contributed by atoms with Crippen LogP contribution in [0.2, 0.25) is 0 Å². The molecule has 1 saturated heterocycles. The average Bonchev–Trinajstić information content (AvgIpc) is 2.54. The van der Waals surface area contributed by atoms with E-state index in [1.54, 1.807) is 0 Å². The van der Waals surface area contributed by atoms with Gasteiger partial charge in [-0.2, -0.15) is 0 Å². The summed E-state index contributed by atoms with van der Waals surface area (Å²) in [5.74, 6) is -0.485. The Balaban J connectivity index is 0.00000208. The topological polar surface area (TPSA) is 15.3 Å². The van der Waals surface area contributed by atoms with Gasteiger partial charge in [-0.05, 0) is 49.2 Å². The van der Waals surface area contributed by atoms with Crippen LogP contribution in [0.25, 0.3) is 0 Å². The van der Waals surface area contributed by atoms with Gasteiger partial charge in [-0.3, -0.25) is 4.90 Å². The molecular formula is C19H23ClF2N2. The molecule has 0 radical (unpaired) electrons. The van der Waals surface area contributed by atoms with Crippen molar-refractivity contribution < 1.29 is 8.78 Å². The molecule has 3 rings (SSSR count). The van der Waals surface area contributed by atoms with Gasteiger partial charge in [0.2, 0.25) is 0 Å². The van der Waals surface area contributed by atoms with E-state index >= 15 is 0 Å². The summed E-state index contributed by atoms with van der Waals surface area (Å²) in [6.07, 6.45) is 0. The molecule has 1 N–H and O–H groups in total. The van der Waals surface area contributed by atoms with Crippen molar-refractivity contribution in [2.45, 2.75) is 32.0 Å². The monoisotopic (exact) mass is 352 g/mol. The summed E-state index contributed by atoms with van der Waals surface area (Å²) < 4.78 is 26.6. The van der Waals surface area contributed by atoms with E-state index in [4.69, 9.17) is 0 Å². The van der Waals surface area contributed by atoms with Crippen molar-refractivity contribution in [3.8, 4) is 0 Å². The van der Waals surface area contributed by atoms with Gasteiger partial charge in [0.15, 0.2) is 0 Å². The molecule has 1 aliphatic heterocycles. The maximum atomic E-state index is 13.3. The van der Waals surface area contributed by atoms with Gasteiger partial charge >= 0.3 is 0 Å². The third kappa shape index (κ3) is 4.12. The number of nitrogens with one attached hydrogen (secondary N) is 1. The Hall–Kier alpha value is -1.49. The van der Waals surface area contributed by atoms with Gasteiger partial charge in [0.1, 0.15) is 11.6 Å². The Morgan fingerprint density at radius 3 is 1.83 bits per heavy atom. The van der Waals surface area contributed by atoms with E-state index < -0.39 is 0 Å². The molecule has 1 heterocycles. The smallest absolute Gasteiger partial charge is 0.123 e. The first-order valence-corrected chi connectivity index (χ1v) is 8.04. The van der Waals surface area contributed by atoms with E-state index in [1.807, 2.05) is 24.3 Å². The van der Waals surface area contributed by atoms with Gasteiger partial charge in [0.25, 0.3) is 0 Å². The highest BCUT2D eigenvalue weighted by Crippen LogP contribution is 2.31.